The van der Waals surface area contributed by atoms with Crippen LogP contribution in [0.1, 0.15) is 25.6 Å². The Hall–Kier alpha value is -2.31. The number of aromatic nitrogens is 2. The molecule has 0 atom stereocenters. The van der Waals surface area contributed by atoms with Crippen molar-refractivity contribution in [1.82, 2.24) is 10.1 Å². The fourth-order valence-electron chi connectivity index (χ4n) is 1.82. The van der Waals surface area contributed by atoms with Gasteiger partial charge in [0, 0.05) is 32.0 Å². The van der Waals surface area contributed by atoms with Crippen LogP contribution in [-0.2, 0) is 6.42 Å². The van der Waals surface area contributed by atoms with E-state index in [1.54, 1.807) is 13.0 Å². The zero-order valence-electron chi connectivity index (χ0n) is 12.3. The molecule has 1 aromatic carbocycles. The minimum absolute atomic E-state index is 0.113. The van der Waals surface area contributed by atoms with Gasteiger partial charge in [-0.15, -0.1) is 0 Å². The highest BCUT2D eigenvalue weighted by Gasteiger charge is 2.11. The molecule has 3 N–H and O–H groups in total. The molecule has 2 rings (SSSR count). The van der Waals surface area contributed by atoms with E-state index in [9.17, 15) is 4.39 Å². The first-order chi connectivity index (χ1) is 9.95. The maximum absolute atomic E-state index is 13.7. The zero-order chi connectivity index (χ0) is 15.4. The summed E-state index contributed by atoms with van der Waals surface area (Å²) in [5.74, 6) is 0.843. The van der Waals surface area contributed by atoms with Crippen molar-refractivity contribution in [3.05, 3.63) is 29.7 Å². The number of nitrogens with one attached hydrogen (secondary N) is 1. The second-order valence-electron chi connectivity index (χ2n) is 4.94. The van der Waals surface area contributed by atoms with E-state index < -0.39 is 5.82 Å². The van der Waals surface area contributed by atoms with Crippen molar-refractivity contribution in [3.63, 3.8) is 0 Å². The van der Waals surface area contributed by atoms with Gasteiger partial charge < -0.3 is 20.3 Å². The Labute approximate surface area is 122 Å². The highest BCUT2D eigenvalue weighted by atomic mass is 19.1. The SMILES string of the molecule is Cc1nc(CCNc2cc(OC(C)C)c(F)cc2N)no1. The van der Waals surface area contributed by atoms with Gasteiger partial charge >= 0.3 is 0 Å². The predicted octanol–water partition coefficient (Wildman–Crippen LogP) is 2.54. The Morgan fingerprint density at radius 3 is 2.81 bits per heavy atom. The minimum Gasteiger partial charge on any atom is -0.488 e. The van der Waals surface area contributed by atoms with Crippen molar-refractivity contribution in [2.45, 2.75) is 33.3 Å². The van der Waals surface area contributed by atoms with E-state index in [1.807, 2.05) is 13.8 Å². The number of nitrogens with two attached hydrogens (primary N) is 1. The summed E-state index contributed by atoms with van der Waals surface area (Å²) in [5.41, 5.74) is 6.74. The summed E-state index contributed by atoms with van der Waals surface area (Å²) < 4.78 is 24.0. The van der Waals surface area contributed by atoms with Crippen molar-refractivity contribution < 1.29 is 13.7 Å². The van der Waals surface area contributed by atoms with E-state index in [4.69, 9.17) is 15.0 Å². The molecular formula is C14H19FN4O2. The molecular weight excluding hydrogens is 275 g/mol. The number of aryl methyl sites for hydroxylation is 1. The van der Waals surface area contributed by atoms with Gasteiger partial charge in [-0.3, -0.25) is 0 Å². The van der Waals surface area contributed by atoms with E-state index in [2.05, 4.69) is 15.5 Å². The summed E-state index contributed by atoms with van der Waals surface area (Å²) in [6, 6.07) is 2.81. The Balaban J connectivity index is 2.01. The average Bonchev–Trinajstić information content (AvgIpc) is 2.80. The first kappa shape index (κ1) is 15.1. The second kappa shape index (κ2) is 6.43. The molecule has 0 unspecified atom stereocenters. The Bertz CT molecular complexity index is 613. The molecule has 0 aliphatic heterocycles. The normalized spacial score (nSPS) is 10.9. The Morgan fingerprint density at radius 2 is 2.19 bits per heavy atom. The molecule has 6 nitrogen and oxygen atoms in total. The molecule has 0 bridgehead atoms. The molecule has 0 amide bonds. The second-order valence-corrected chi connectivity index (χ2v) is 4.94. The van der Waals surface area contributed by atoms with Crippen LogP contribution in [0.5, 0.6) is 5.75 Å². The number of anilines is 2. The number of rotatable bonds is 6. The summed E-state index contributed by atoms with van der Waals surface area (Å²) in [6.45, 7) is 5.95. The van der Waals surface area contributed by atoms with Gasteiger partial charge in [0.2, 0.25) is 5.89 Å². The van der Waals surface area contributed by atoms with E-state index in [-0.39, 0.29) is 11.9 Å². The third-order valence-electron chi connectivity index (χ3n) is 2.70. The van der Waals surface area contributed by atoms with Crippen LogP contribution in [0.25, 0.3) is 0 Å². The fourth-order valence-corrected chi connectivity index (χ4v) is 1.82. The highest BCUT2D eigenvalue weighted by molar-refractivity contribution is 5.68. The lowest BCUT2D eigenvalue weighted by Gasteiger charge is -2.14. The molecule has 1 aromatic heterocycles. The van der Waals surface area contributed by atoms with Gasteiger partial charge in [0.05, 0.1) is 17.5 Å². The number of ether oxygens (including phenoxy) is 1. The quantitative estimate of drug-likeness (QED) is 0.796. The standard InChI is InChI=1S/C14H19FN4O2/c1-8(2)20-13-7-12(11(16)6-10(13)15)17-5-4-14-18-9(3)21-19-14/h6-8,17H,4-5,16H2,1-3H3. The van der Waals surface area contributed by atoms with Gasteiger partial charge in [-0.2, -0.15) is 4.98 Å². The van der Waals surface area contributed by atoms with Crippen LogP contribution in [0.3, 0.4) is 0 Å². The monoisotopic (exact) mass is 294 g/mol. The third-order valence-corrected chi connectivity index (χ3v) is 2.70. The lowest BCUT2D eigenvalue weighted by Crippen LogP contribution is -2.11. The van der Waals surface area contributed by atoms with Gasteiger partial charge in [0.1, 0.15) is 0 Å². The minimum atomic E-state index is -0.472. The summed E-state index contributed by atoms with van der Waals surface area (Å²) in [7, 11) is 0. The van der Waals surface area contributed by atoms with Crippen LogP contribution in [0.2, 0.25) is 0 Å². The van der Waals surface area contributed by atoms with Gasteiger partial charge in [-0.25, -0.2) is 4.39 Å². The molecule has 21 heavy (non-hydrogen) atoms. The first-order valence-corrected chi connectivity index (χ1v) is 6.74. The van der Waals surface area contributed by atoms with Crippen molar-refractivity contribution in [2.24, 2.45) is 0 Å². The van der Waals surface area contributed by atoms with Gasteiger partial charge in [-0.05, 0) is 13.8 Å². The van der Waals surface area contributed by atoms with Gasteiger partial charge in [-0.1, -0.05) is 5.16 Å². The van der Waals surface area contributed by atoms with Crippen LogP contribution >= 0.6 is 0 Å². The largest absolute Gasteiger partial charge is 0.488 e. The number of nitrogens with zero attached hydrogens (tertiary/aromatic N) is 2. The van der Waals surface area contributed by atoms with Gasteiger partial charge in [0.15, 0.2) is 17.4 Å². The molecule has 0 saturated carbocycles. The summed E-state index contributed by atoms with van der Waals surface area (Å²) in [4.78, 5) is 4.10. The summed E-state index contributed by atoms with van der Waals surface area (Å²) in [5, 5.41) is 6.92. The molecule has 0 aliphatic rings. The number of hydrogen-bond donors (Lipinski definition) is 2. The Morgan fingerprint density at radius 1 is 1.43 bits per heavy atom. The average molecular weight is 294 g/mol. The smallest absolute Gasteiger partial charge is 0.223 e. The van der Waals surface area contributed by atoms with E-state index in [1.165, 1.54) is 6.07 Å². The van der Waals surface area contributed by atoms with E-state index >= 15 is 0 Å². The number of benzene rings is 1. The third kappa shape index (κ3) is 4.08. The van der Waals surface area contributed by atoms with Crippen molar-refractivity contribution in [3.8, 4) is 5.75 Å². The lowest BCUT2D eigenvalue weighted by atomic mass is 10.2. The van der Waals surface area contributed by atoms with Crippen LogP contribution in [0, 0.1) is 12.7 Å². The molecule has 0 radical (unpaired) electrons. The molecule has 114 valence electrons. The molecule has 7 heteroatoms. The lowest BCUT2D eigenvalue weighted by molar-refractivity contribution is 0.231. The van der Waals surface area contributed by atoms with Crippen molar-refractivity contribution >= 4 is 11.4 Å². The molecule has 1 heterocycles. The van der Waals surface area contributed by atoms with Crippen LogP contribution in [0.4, 0.5) is 15.8 Å². The topological polar surface area (TPSA) is 86.2 Å². The predicted molar refractivity (Wildman–Crippen MR) is 77.8 cm³/mol. The number of nitrogen functional groups attached to an aromatic ring is 1. The Kier molecular flexibility index (Phi) is 4.62. The van der Waals surface area contributed by atoms with E-state index in [0.717, 1.165) is 0 Å². The first-order valence-electron chi connectivity index (χ1n) is 6.74. The maximum atomic E-state index is 13.7. The van der Waals surface area contributed by atoms with Crippen molar-refractivity contribution in [2.75, 3.05) is 17.6 Å². The molecule has 0 fully saturated rings. The summed E-state index contributed by atoms with van der Waals surface area (Å²) in [6.07, 6.45) is 0.465. The van der Waals surface area contributed by atoms with Gasteiger partial charge in [0.25, 0.3) is 0 Å². The van der Waals surface area contributed by atoms with E-state index in [0.29, 0.717) is 36.1 Å². The maximum Gasteiger partial charge on any atom is 0.223 e. The highest BCUT2D eigenvalue weighted by Crippen LogP contribution is 2.28. The molecule has 0 saturated heterocycles. The number of halogens is 1. The summed E-state index contributed by atoms with van der Waals surface area (Å²) >= 11 is 0. The molecule has 2 aromatic rings. The molecule has 0 spiro atoms. The molecule has 0 aliphatic carbocycles. The van der Waals surface area contributed by atoms with Crippen LogP contribution in [0.15, 0.2) is 16.7 Å². The zero-order valence-corrected chi connectivity index (χ0v) is 12.3. The number of hydrogen-bond acceptors (Lipinski definition) is 6. The van der Waals surface area contributed by atoms with Crippen molar-refractivity contribution in [1.29, 1.82) is 0 Å². The fraction of sp³-hybridized carbons (Fsp3) is 0.429. The van der Waals surface area contributed by atoms with Crippen LogP contribution in [-0.4, -0.2) is 22.8 Å². The van der Waals surface area contributed by atoms with Crippen LogP contribution < -0.4 is 15.8 Å².